The van der Waals surface area contributed by atoms with Gasteiger partial charge in [0.05, 0.1) is 12.1 Å². The van der Waals surface area contributed by atoms with Gasteiger partial charge in [-0.15, -0.1) is 6.42 Å². The number of nitrogens with one attached hydrogen (secondary N) is 1. The lowest BCUT2D eigenvalue weighted by atomic mass is 9.58. The highest BCUT2D eigenvalue weighted by molar-refractivity contribution is 6.88. The topological polar surface area (TPSA) is 24.4 Å². The summed E-state index contributed by atoms with van der Waals surface area (Å²) in [6, 6.07) is 0.324. The lowest BCUT2D eigenvalue weighted by Gasteiger charge is -2.26. The Hall–Kier alpha value is -0.745. The minimum atomic E-state index is 0.105. The van der Waals surface area contributed by atoms with E-state index in [0.29, 0.717) is 6.85 Å². The Morgan fingerprint density at radius 2 is 2.36 bits per heavy atom. The van der Waals surface area contributed by atoms with E-state index >= 15 is 0 Å². The molecule has 1 aliphatic heterocycles. The van der Waals surface area contributed by atoms with E-state index < -0.39 is 0 Å². The fraction of sp³-hybridized carbons (Fsp3) is 0.625. The Morgan fingerprint density at radius 1 is 1.73 bits per heavy atom. The third-order valence-electron chi connectivity index (χ3n) is 2.13. The second-order valence-electron chi connectivity index (χ2n) is 3.04. The predicted octanol–water partition coefficient (Wildman–Crippen LogP) is 0.601. The van der Waals surface area contributed by atoms with Crippen LogP contribution in [0, 0.1) is 12.3 Å². The molecule has 2 nitrogen and oxygen atoms in total. The molecule has 0 saturated carbocycles. The maximum absolute atomic E-state index is 5.32. The van der Waals surface area contributed by atoms with Crippen molar-refractivity contribution >= 4 is 12.5 Å². The third-order valence-corrected chi connectivity index (χ3v) is 2.13. The van der Waals surface area contributed by atoms with Crippen LogP contribution < -0.4 is 5.23 Å². The molecule has 1 N–H and O–H groups in total. The largest absolute Gasteiger partial charge is 0.337 e. The van der Waals surface area contributed by atoms with E-state index in [1.54, 1.807) is 0 Å². The van der Waals surface area contributed by atoms with E-state index in [4.69, 9.17) is 6.42 Å². The van der Waals surface area contributed by atoms with Gasteiger partial charge in [-0.2, -0.15) is 0 Å². The first kappa shape index (κ1) is 8.35. The molecule has 0 fully saturated rings. The van der Waals surface area contributed by atoms with Gasteiger partial charge in [0, 0.05) is 0 Å². The Morgan fingerprint density at radius 3 is 2.91 bits per heavy atom. The van der Waals surface area contributed by atoms with Crippen LogP contribution in [0.25, 0.3) is 0 Å². The Labute approximate surface area is 68.6 Å². The summed E-state index contributed by atoms with van der Waals surface area (Å²) in [5.41, 5.74) is 1.14. The smallest absolute Gasteiger partial charge is 0.268 e. The number of hydrogen-bond donors (Lipinski definition) is 1. The first-order valence-electron chi connectivity index (χ1n) is 3.91. The van der Waals surface area contributed by atoms with E-state index in [1.807, 2.05) is 13.8 Å². The maximum Gasteiger partial charge on any atom is 0.268 e. The van der Waals surface area contributed by atoms with Crippen LogP contribution in [0.3, 0.4) is 0 Å². The molecule has 2 atom stereocenters. The second-order valence-corrected chi connectivity index (χ2v) is 3.04. The zero-order valence-corrected chi connectivity index (χ0v) is 7.26. The molecule has 3 heteroatoms. The van der Waals surface area contributed by atoms with Crippen molar-refractivity contribution in [2.24, 2.45) is 4.99 Å². The molecule has 1 rings (SSSR count). The molecule has 0 radical (unpaired) electrons. The minimum Gasteiger partial charge on any atom is -0.337 e. The average molecular weight is 148 g/mol. The van der Waals surface area contributed by atoms with Crippen LogP contribution in [-0.4, -0.2) is 24.5 Å². The minimum absolute atomic E-state index is 0.105. The third kappa shape index (κ3) is 1.64. The van der Waals surface area contributed by atoms with Crippen LogP contribution >= 0.6 is 0 Å². The van der Waals surface area contributed by atoms with Gasteiger partial charge >= 0.3 is 0 Å². The summed E-state index contributed by atoms with van der Waals surface area (Å²) < 4.78 is 0. The highest BCUT2D eigenvalue weighted by Gasteiger charge is 2.25. The lowest BCUT2D eigenvalue weighted by Crippen LogP contribution is -2.52. The average Bonchev–Trinajstić information content (AvgIpc) is 1.97. The summed E-state index contributed by atoms with van der Waals surface area (Å²) >= 11 is 0. The first-order valence-corrected chi connectivity index (χ1v) is 3.91. The summed E-state index contributed by atoms with van der Waals surface area (Å²) in [7, 11) is 0. The van der Waals surface area contributed by atoms with Crippen molar-refractivity contribution in [1.82, 2.24) is 5.23 Å². The van der Waals surface area contributed by atoms with Gasteiger partial charge in [-0.3, -0.25) is 4.99 Å². The van der Waals surface area contributed by atoms with Gasteiger partial charge < -0.3 is 5.23 Å². The number of nitrogens with zero attached hydrogens (tertiary/aromatic N) is 1. The van der Waals surface area contributed by atoms with E-state index in [0.717, 1.165) is 5.61 Å². The van der Waals surface area contributed by atoms with Gasteiger partial charge in [0.2, 0.25) is 0 Å². The fourth-order valence-electron chi connectivity index (χ4n) is 1.22. The van der Waals surface area contributed by atoms with E-state index in [2.05, 4.69) is 23.0 Å². The van der Waals surface area contributed by atoms with Crippen LogP contribution in [0.1, 0.15) is 13.8 Å². The Balaban J connectivity index is 2.77. The van der Waals surface area contributed by atoms with Crippen LogP contribution in [0.5, 0.6) is 0 Å². The normalized spacial score (nSPS) is 31.1. The molecule has 0 aliphatic carbocycles. The van der Waals surface area contributed by atoms with Gasteiger partial charge in [-0.1, -0.05) is 12.7 Å². The molecule has 11 heavy (non-hydrogen) atoms. The summed E-state index contributed by atoms with van der Waals surface area (Å²) in [6.45, 7) is 6.47. The van der Waals surface area contributed by atoms with E-state index in [1.165, 1.54) is 0 Å². The lowest BCUT2D eigenvalue weighted by molar-refractivity contribution is 0.616. The van der Waals surface area contributed by atoms with Crippen molar-refractivity contribution in [2.45, 2.75) is 32.8 Å². The standard InChI is InChI=1S/C8H13BN2/c1-5-8-6(2)10-7(3)9(4)11-8/h1,6,8,11H,2-4H3. The molecule has 1 heterocycles. The monoisotopic (exact) mass is 148 g/mol. The molecule has 0 aromatic heterocycles. The number of terminal acetylenes is 1. The van der Waals surface area contributed by atoms with Crippen LogP contribution in [0.4, 0.5) is 0 Å². The van der Waals surface area contributed by atoms with Gasteiger partial charge in [-0.25, -0.2) is 0 Å². The molecule has 58 valence electrons. The summed E-state index contributed by atoms with van der Waals surface area (Å²) in [6.07, 6.45) is 5.32. The van der Waals surface area contributed by atoms with Crippen molar-refractivity contribution in [2.75, 3.05) is 0 Å². The molecule has 1 aliphatic rings. The molecule has 0 aromatic carbocycles. The zero-order chi connectivity index (χ0) is 8.43. The van der Waals surface area contributed by atoms with Crippen molar-refractivity contribution in [1.29, 1.82) is 0 Å². The Kier molecular flexibility index (Phi) is 2.36. The summed E-state index contributed by atoms with van der Waals surface area (Å²) in [5.74, 6) is 2.69. The molecule has 0 spiro atoms. The molecule has 0 bridgehead atoms. The highest BCUT2D eigenvalue weighted by atomic mass is 15.0. The second kappa shape index (κ2) is 3.10. The summed E-state index contributed by atoms with van der Waals surface area (Å²) in [4.78, 5) is 4.43. The number of rotatable bonds is 0. The number of hydrogen-bond acceptors (Lipinski definition) is 2. The molecule has 0 saturated heterocycles. The predicted molar refractivity (Wildman–Crippen MR) is 49.9 cm³/mol. The quantitative estimate of drug-likeness (QED) is 0.394. The Bertz CT molecular complexity index is 217. The van der Waals surface area contributed by atoms with Gasteiger partial charge in [0.1, 0.15) is 0 Å². The molecule has 2 unspecified atom stereocenters. The first-order chi connectivity index (χ1) is 5.15. The van der Waals surface area contributed by atoms with E-state index in [-0.39, 0.29) is 12.1 Å². The van der Waals surface area contributed by atoms with Crippen LogP contribution in [-0.2, 0) is 0 Å². The zero-order valence-electron chi connectivity index (χ0n) is 7.26. The highest BCUT2D eigenvalue weighted by Crippen LogP contribution is 2.05. The SMILES string of the molecule is C#CC1NB(C)C(C)=NC1C. The molecule has 0 amide bonds. The van der Waals surface area contributed by atoms with Gasteiger partial charge in [-0.05, 0) is 19.5 Å². The molecular formula is C8H13BN2. The van der Waals surface area contributed by atoms with Crippen molar-refractivity contribution in [3.05, 3.63) is 0 Å². The van der Waals surface area contributed by atoms with E-state index in [9.17, 15) is 0 Å². The van der Waals surface area contributed by atoms with Gasteiger partial charge in [0.25, 0.3) is 6.85 Å². The van der Waals surface area contributed by atoms with Gasteiger partial charge in [0.15, 0.2) is 0 Å². The van der Waals surface area contributed by atoms with Crippen molar-refractivity contribution < 1.29 is 0 Å². The van der Waals surface area contributed by atoms with Crippen LogP contribution in [0.2, 0.25) is 6.82 Å². The molecular weight excluding hydrogens is 135 g/mol. The van der Waals surface area contributed by atoms with Crippen molar-refractivity contribution in [3.8, 4) is 12.3 Å². The van der Waals surface area contributed by atoms with Crippen LogP contribution in [0.15, 0.2) is 4.99 Å². The number of aliphatic imine (C=N–C) groups is 1. The van der Waals surface area contributed by atoms with Crippen molar-refractivity contribution in [3.63, 3.8) is 0 Å². The molecule has 0 aromatic rings. The maximum atomic E-state index is 5.32. The fourth-order valence-corrected chi connectivity index (χ4v) is 1.22. The summed E-state index contributed by atoms with van der Waals surface area (Å²) in [5, 5.41) is 3.30.